The second-order valence-corrected chi connectivity index (χ2v) is 15.2. The van der Waals surface area contributed by atoms with Crippen molar-refractivity contribution >= 4 is 22.0 Å². The van der Waals surface area contributed by atoms with Crippen LogP contribution in [0.5, 0.6) is 5.75 Å². The fourth-order valence-corrected chi connectivity index (χ4v) is 11.0. The first kappa shape index (κ1) is 28.4. The van der Waals surface area contributed by atoms with Crippen LogP contribution < -0.4 is 10.1 Å². The van der Waals surface area contributed by atoms with Crippen LogP contribution in [0, 0.1) is 16.7 Å². The van der Waals surface area contributed by atoms with Gasteiger partial charge in [0.2, 0.25) is 10.0 Å². The van der Waals surface area contributed by atoms with Crippen LogP contribution >= 0.6 is 0 Å². The molecule has 0 radical (unpaired) electrons. The quantitative estimate of drug-likeness (QED) is 0.471. The Morgan fingerprint density at radius 2 is 1.78 bits per heavy atom. The van der Waals surface area contributed by atoms with E-state index in [0.717, 1.165) is 19.3 Å². The minimum atomic E-state index is -3.62. The molecule has 7 nitrogen and oxygen atoms in total. The molecular formula is C33H42N2O5S. The number of piperidine rings is 1. The van der Waals surface area contributed by atoms with Gasteiger partial charge in [0.25, 0.3) is 5.91 Å². The Hall–Kier alpha value is -2.68. The summed E-state index contributed by atoms with van der Waals surface area (Å²) in [7, 11) is -2.04. The molecule has 3 aliphatic carbocycles. The number of nitrogens with zero attached hydrogens (tertiary/aromatic N) is 1. The first-order valence-electron chi connectivity index (χ1n) is 14.9. The Balaban J connectivity index is 1.16. The van der Waals surface area contributed by atoms with Crippen LogP contribution in [0.3, 0.4) is 0 Å². The third-order valence-electron chi connectivity index (χ3n) is 11.3. The number of rotatable bonds is 8. The average molecular weight is 579 g/mol. The molecule has 4 aliphatic rings. The highest BCUT2D eigenvalue weighted by molar-refractivity contribution is 7.89. The highest BCUT2D eigenvalue weighted by Crippen LogP contribution is 2.71. The zero-order chi connectivity index (χ0) is 29.1. The number of fused-ring (bicyclic) bond motifs is 4. The van der Waals surface area contributed by atoms with E-state index >= 15 is 0 Å². The van der Waals surface area contributed by atoms with E-state index in [1.165, 1.54) is 11.1 Å². The lowest BCUT2D eigenvalue weighted by Gasteiger charge is -2.49. The molecule has 8 heteroatoms. The third-order valence-corrected chi connectivity index (χ3v) is 13.4. The number of sulfonamides is 1. The SMILES string of the molecule is COc1ccc(C(=O)NCCC2(O)CC3CC[C@]2(CS(=O)(=O)N2CCC4(C=Cc5ccccc54)CC2)C3(C)C)cc1. The molecule has 1 spiro atoms. The van der Waals surface area contributed by atoms with Gasteiger partial charge in [-0.25, -0.2) is 12.7 Å². The lowest BCUT2D eigenvalue weighted by atomic mass is 9.63. The number of methoxy groups -OCH3 is 1. The Bertz CT molecular complexity index is 1460. The van der Waals surface area contributed by atoms with Gasteiger partial charge in [0, 0.05) is 36.0 Å². The summed E-state index contributed by atoms with van der Waals surface area (Å²) in [4.78, 5) is 12.8. The summed E-state index contributed by atoms with van der Waals surface area (Å²) in [5, 5.41) is 15.1. The largest absolute Gasteiger partial charge is 0.497 e. The Kier molecular flexibility index (Phi) is 6.91. The van der Waals surface area contributed by atoms with Crippen molar-refractivity contribution in [1.29, 1.82) is 0 Å². The molecule has 2 unspecified atom stereocenters. The zero-order valence-electron chi connectivity index (χ0n) is 24.4. The standard InChI is InChI=1S/C33H42N2O5S/c1-30(2)26-13-15-32(30,33(37,22-26)16-19-34-29(36)25-8-10-27(40-3)11-9-25)23-41(38,39)35-20-17-31(18-21-35)14-12-24-6-4-5-7-28(24)31/h4-12,14,26,37H,13,15-23H2,1-3H3,(H,34,36)/t26?,32-,33?/m0/s1. The van der Waals surface area contributed by atoms with E-state index in [1.807, 2.05) is 6.07 Å². The van der Waals surface area contributed by atoms with E-state index in [4.69, 9.17) is 4.74 Å². The predicted molar refractivity (Wildman–Crippen MR) is 160 cm³/mol. The molecule has 3 fully saturated rings. The van der Waals surface area contributed by atoms with Crippen LogP contribution in [0.2, 0.25) is 0 Å². The minimum absolute atomic E-state index is 0.0497. The lowest BCUT2D eigenvalue weighted by molar-refractivity contribution is -0.0919. The maximum atomic E-state index is 14.1. The summed E-state index contributed by atoms with van der Waals surface area (Å²) in [5.74, 6) is 0.665. The lowest BCUT2D eigenvalue weighted by Crippen LogP contribution is -2.57. The number of benzene rings is 2. The maximum absolute atomic E-state index is 14.1. The fourth-order valence-electron chi connectivity index (χ4n) is 8.68. The molecule has 2 N–H and O–H groups in total. The monoisotopic (exact) mass is 578 g/mol. The van der Waals surface area contributed by atoms with Crippen molar-refractivity contribution in [3.8, 4) is 5.75 Å². The topological polar surface area (TPSA) is 95.9 Å². The number of hydrogen-bond acceptors (Lipinski definition) is 5. The molecular weight excluding hydrogens is 536 g/mol. The summed E-state index contributed by atoms with van der Waals surface area (Å²) in [6.45, 7) is 5.53. The van der Waals surface area contributed by atoms with Crippen LogP contribution in [0.4, 0.5) is 0 Å². The van der Waals surface area contributed by atoms with Crippen molar-refractivity contribution in [3.63, 3.8) is 0 Å². The van der Waals surface area contributed by atoms with Crippen molar-refractivity contribution in [2.75, 3.05) is 32.5 Å². The normalized spacial score (nSPS) is 29.5. The van der Waals surface area contributed by atoms with Gasteiger partial charge in [-0.1, -0.05) is 50.3 Å². The number of carbonyl (C=O) groups excluding carboxylic acids is 1. The molecule has 2 saturated carbocycles. The van der Waals surface area contributed by atoms with Gasteiger partial charge >= 0.3 is 0 Å². The van der Waals surface area contributed by atoms with Crippen molar-refractivity contribution in [2.24, 2.45) is 16.7 Å². The number of carbonyl (C=O) groups is 1. The molecule has 2 aromatic carbocycles. The molecule has 0 aromatic heterocycles. The highest BCUT2D eigenvalue weighted by Gasteiger charge is 2.71. The highest BCUT2D eigenvalue weighted by atomic mass is 32.2. The van der Waals surface area contributed by atoms with Crippen LogP contribution in [0.25, 0.3) is 6.08 Å². The van der Waals surface area contributed by atoms with Gasteiger partial charge in [-0.05, 0) is 85.3 Å². The first-order valence-corrected chi connectivity index (χ1v) is 16.5. The molecule has 3 atom stereocenters. The van der Waals surface area contributed by atoms with E-state index in [2.05, 4.69) is 49.5 Å². The minimum Gasteiger partial charge on any atom is -0.497 e. The van der Waals surface area contributed by atoms with Gasteiger partial charge in [0.1, 0.15) is 5.75 Å². The molecule has 220 valence electrons. The smallest absolute Gasteiger partial charge is 0.251 e. The molecule has 1 heterocycles. The van der Waals surface area contributed by atoms with Gasteiger partial charge in [0.15, 0.2) is 0 Å². The summed E-state index contributed by atoms with van der Waals surface area (Å²) in [6, 6.07) is 15.3. The molecule has 1 aliphatic heterocycles. The van der Waals surface area contributed by atoms with E-state index < -0.39 is 21.0 Å². The second-order valence-electron chi connectivity index (χ2n) is 13.2. The second kappa shape index (κ2) is 9.96. The molecule has 41 heavy (non-hydrogen) atoms. The third kappa shape index (κ3) is 4.45. The number of aliphatic hydroxyl groups is 1. The zero-order valence-corrected chi connectivity index (χ0v) is 25.2. The summed E-state index contributed by atoms with van der Waals surface area (Å²) < 4.78 is 35.0. The Morgan fingerprint density at radius 3 is 2.46 bits per heavy atom. The van der Waals surface area contributed by atoms with Crippen LogP contribution in [0.1, 0.15) is 73.9 Å². The number of nitrogens with one attached hydrogen (secondary N) is 1. The van der Waals surface area contributed by atoms with E-state index in [1.54, 1.807) is 35.7 Å². The average Bonchev–Trinajstić information content (AvgIpc) is 3.48. The Labute approximate surface area is 244 Å². The number of allylic oxidation sites excluding steroid dienone is 1. The first-order chi connectivity index (χ1) is 19.5. The van der Waals surface area contributed by atoms with Crippen molar-refractivity contribution in [1.82, 2.24) is 9.62 Å². The summed E-state index contributed by atoms with van der Waals surface area (Å²) in [5.41, 5.74) is 0.723. The summed E-state index contributed by atoms with van der Waals surface area (Å²) in [6.07, 6.45) is 8.47. The van der Waals surface area contributed by atoms with E-state index in [9.17, 15) is 18.3 Å². The van der Waals surface area contributed by atoms with Crippen LogP contribution in [-0.4, -0.2) is 61.8 Å². The van der Waals surface area contributed by atoms with Crippen molar-refractivity contribution in [2.45, 2.75) is 63.4 Å². The van der Waals surface area contributed by atoms with E-state index in [0.29, 0.717) is 43.7 Å². The number of amides is 1. The van der Waals surface area contributed by atoms with Crippen molar-refractivity contribution < 1.29 is 23.1 Å². The molecule has 6 rings (SSSR count). The van der Waals surface area contributed by atoms with Gasteiger partial charge in [-0.2, -0.15) is 0 Å². The maximum Gasteiger partial charge on any atom is 0.251 e. The van der Waals surface area contributed by atoms with E-state index in [-0.39, 0.29) is 35.0 Å². The molecule has 1 amide bonds. The predicted octanol–water partition coefficient (Wildman–Crippen LogP) is 4.76. The van der Waals surface area contributed by atoms with Gasteiger partial charge in [-0.15, -0.1) is 0 Å². The summed E-state index contributed by atoms with van der Waals surface area (Å²) >= 11 is 0. The Morgan fingerprint density at radius 1 is 1.07 bits per heavy atom. The molecule has 2 bridgehead atoms. The van der Waals surface area contributed by atoms with Crippen LogP contribution in [0.15, 0.2) is 54.6 Å². The van der Waals surface area contributed by atoms with Crippen LogP contribution in [-0.2, 0) is 15.4 Å². The van der Waals surface area contributed by atoms with Crippen molar-refractivity contribution in [3.05, 3.63) is 71.3 Å². The number of hydrogen-bond donors (Lipinski definition) is 2. The van der Waals surface area contributed by atoms with Gasteiger partial charge < -0.3 is 15.2 Å². The fraction of sp³-hybridized carbons (Fsp3) is 0.545. The molecule has 1 saturated heterocycles. The molecule has 2 aromatic rings. The van der Waals surface area contributed by atoms with Gasteiger partial charge in [-0.3, -0.25) is 4.79 Å². The van der Waals surface area contributed by atoms with Gasteiger partial charge in [0.05, 0.1) is 18.5 Å². The number of ether oxygens (including phenoxy) is 1.